The minimum absolute atomic E-state index is 0.404. The molecular weight excluding hydrogens is 260 g/mol. The van der Waals surface area contributed by atoms with Gasteiger partial charge < -0.3 is 5.32 Å². The maximum absolute atomic E-state index is 12.6. The Bertz CT molecular complexity index is 528. The second-order valence-electron chi connectivity index (χ2n) is 4.97. The van der Waals surface area contributed by atoms with Gasteiger partial charge in [0.1, 0.15) is 0 Å². The molecule has 5 heteroatoms. The summed E-state index contributed by atoms with van der Waals surface area (Å²) in [5.41, 5.74) is 1.99. The highest BCUT2D eigenvalue weighted by molar-refractivity contribution is 7.93. The van der Waals surface area contributed by atoms with E-state index >= 15 is 0 Å². The van der Waals surface area contributed by atoms with Crippen LogP contribution in [0, 0.1) is 0 Å². The van der Waals surface area contributed by atoms with E-state index in [-0.39, 0.29) is 0 Å². The number of nitrogens with zero attached hydrogens (tertiary/aromatic N) is 1. The molecule has 106 valence electrons. The molecule has 0 amide bonds. The minimum Gasteiger partial charge on any atom is -0.316 e. The van der Waals surface area contributed by atoms with Crippen LogP contribution in [-0.2, 0) is 16.4 Å². The van der Waals surface area contributed by atoms with Crippen LogP contribution in [0.15, 0.2) is 24.3 Å². The van der Waals surface area contributed by atoms with Crippen LogP contribution >= 0.6 is 0 Å². The van der Waals surface area contributed by atoms with Crippen molar-refractivity contribution in [3.8, 4) is 0 Å². The number of para-hydroxylation sites is 1. The number of anilines is 1. The molecule has 2 rings (SSSR count). The zero-order valence-electron chi connectivity index (χ0n) is 11.6. The van der Waals surface area contributed by atoms with E-state index in [2.05, 4.69) is 5.32 Å². The fourth-order valence-electron chi connectivity index (χ4n) is 2.43. The summed E-state index contributed by atoms with van der Waals surface area (Å²) in [6, 6.07) is 7.80. The number of hydrogen-bond acceptors (Lipinski definition) is 3. The van der Waals surface area contributed by atoms with Crippen molar-refractivity contribution >= 4 is 15.7 Å². The van der Waals surface area contributed by atoms with Gasteiger partial charge in [-0.25, -0.2) is 8.42 Å². The van der Waals surface area contributed by atoms with Gasteiger partial charge in [0.15, 0.2) is 0 Å². The summed E-state index contributed by atoms with van der Waals surface area (Å²) in [6.45, 7) is 5.63. The van der Waals surface area contributed by atoms with Crippen molar-refractivity contribution in [3.05, 3.63) is 29.8 Å². The third kappa shape index (κ3) is 2.92. The molecule has 1 aliphatic rings. The van der Waals surface area contributed by atoms with Crippen molar-refractivity contribution in [2.75, 3.05) is 23.9 Å². The normalized spacial score (nSPS) is 17.1. The summed E-state index contributed by atoms with van der Waals surface area (Å²) < 4.78 is 26.9. The fourth-order valence-corrected chi connectivity index (χ4v) is 4.03. The SMILES string of the molecule is CCNCC(C)S(=O)(=O)N1CCCc2ccccc21. The highest BCUT2D eigenvalue weighted by Gasteiger charge is 2.31. The van der Waals surface area contributed by atoms with Crippen LogP contribution in [0.5, 0.6) is 0 Å². The van der Waals surface area contributed by atoms with E-state index in [0.717, 1.165) is 30.6 Å². The molecule has 0 fully saturated rings. The summed E-state index contributed by atoms with van der Waals surface area (Å²) in [4.78, 5) is 0. The predicted molar refractivity (Wildman–Crippen MR) is 79.0 cm³/mol. The molecule has 1 atom stereocenters. The number of aryl methyl sites for hydroxylation is 1. The van der Waals surface area contributed by atoms with Crippen molar-refractivity contribution in [1.29, 1.82) is 0 Å². The Morgan fingerprint density at radius 3 is 2.84 bits per heavy atom. The van der Waals surface area contributed by atoms with E-state index in [0.29, 0.717) is 13.1 Å². The van der Waals surface area contributed by atoms with Gasteiger partial charge in [-0.2, -0.15) is 0 Å². The molecule has 0 spiro atoms. The van der Waals surface area contributed by atoms with Gasteiger partial charge in [0.25, 0.3) is 0 Å². The summed E-state index contributed by atoms with van der Waals surface area (Å²) in [7, 11) is -3.28. The lowest BCUT2D eigenvalue weighted by atomic mass is 10.0. The molecule has 0 radical (unpaired) electrons. The fraction of sp³-hybridized carbons (Fsp3) is 0.571. The van der Waals surface area contributed by atoms with E-state index < -0.39 is 15.3 Å². The Balaban J connectivity index is 2.27. The molecule has 0 saturated carbocycles. The first-order valence-corrected chi connectivity index (χ1v) is 8.38. The molecule has 0 aliphatic carbocycles. The third-order valence-corrected chi connectivity index (χ3v) is 5.74. The first-order chi connectivity index (χ1) is 9.07. The molecule has 1 heterocycles. The number of benzene rings is 1. The number of fused-ring (bicyclic) bond motifs is 1. The molecule has 1 N–H and O–H groups in total. The third-order valence-electron chi connectivity index (χ3n) is 3.57. The monoisotopic (exact) mass is 282 g/mol. The highest BCUT2D eigenvalue weighted by atomic mass is 32.2. The first kappa shape index (κ1) is 14.3. The van der Waals surface area contributed by atoms with Gasteiger partial charge in [-0.3, -0.25) is 4.31 Å². The van der Waals surface area contributed by atoms with E-state index in [1.807, 2.05) is 31.2 Å². The Kier molecular flexibility index (Phi) is 4.47. The minimum atomic E-state index is -3.28. The van der Waals surface area contributed by atoms with Gasteiger partial charge in [0.05, 0.1) is 10.9 Å². The zero-order valence-corrected chi connectivity index (χ0v) is 12.4. The van der Waals surface area contributed by atoms with Crippen LogP contribution in [0.3, 0.4) is 0 Å². The topological polar surface area (TPSA) is 49.4 Å². The number of nitrogens with one attached hydrogen (secondary N) is 1. The van der Waals surface area contributed by atoms with E-state index in [4.69, 9.17) is 0 Å². The van der Waals surface area contributed by atoms with Gasteiger partial charge in [0.2, 0.25) is 10.0 Å². The number of sulfonamides is 1. The summed E-state index contributed by atoms with van der Waals surface area (Å²) in [5, 5.41) is 2.71. The zero-order chi connectivity index (χ0) is 13.9. The van der Waals surface area contributed by atoms with Crippen molar-refractivity contribution in [2.24, 2.45) is 0 Å². The molecule has 4 nitrogen and oxygen atoms in total. The van der Waals surface area contributed by atoms with Crippen LogP contribution < -0.4 is 9.62 Å². The van der Waals surface area contributed by atoms with E-state index in [9.17, 15) is 8.42 Å². The Labute approximate surface area is 115 Å². The average Bonchev–Trinajstić information content (AvgIpc) is 2.43. The molecule has 0 saturated heterocycles. The summed E-state index contributed by atoms with van der Waals surface area (Å²) in [6.07, 6.45) is 1.86. The van der Waals surface area contributed by atoms with Crippen molar-refractivity contribution in [2.45, 2.75) is 31.9 Å². The molecule has 1 aliphatic heterocycles. The quantitative estimate of drug-likeness (QED) is 0.895. The highest BCUT2D eigenvalue weighted by Crippen LogP contribution is 2.30. The molecule has 1 aromatic rings. The average molecular weight is 282 g/mol. The van der Waals surface area contributed by atoms with Gasteiger partial charge in [-0.05, 0) is 37.9 Å². The maximum atomic E-state index is 12.6. The lowest BCUT2D eigenvalue weighted by Gasteiger charge is -2.32. The smallest absolute Gasteiger partial charge is 0.239 e. The lowest BCUT2D eigenvalue weighted by molar-refractivity contribution is 0.565. The second kappa shape index (κ2) is 5.92. The second-order valence-corrected chi connectivity index (χ2v) is 7.24. The van der Waals surface area contributed by atoms with E-state index in [1.54, 1.807) is 11.2 Å². The largest absolute Gasteiger partial charge is 0.316 e. The van der Waals surface area contributed by atoms with Gasteiger partial charge in [-0.1, -0.05) is 25.1 Å². The Hall–Kier alpha value is -1.07. The lowest BCUT2D eigenvalue weighted by Crippen LogP contribution is -2.44. The Morgan fingerprint density at radius 2 is 2.11 bits per heavy atom. The maximum Gasteiger partial charge on any atom is 0.239 e. The summed E-state index contributed by atoms with van der Waals surface area (Å²) in [5.74, 6) is 0. The molecule has 19 heavy (non-hydrogen) atoms. The predicted octanol–water partition coefficient (Wildman–Crippen LogP) is 1.77. The van der Waals surface area contributed by atoms with E-state index in [1.165, 1.54) is 0 Å². The number of hydrogen-bond donors (Lipinski definition) is 1. The Morgan fingerprint density at radius 1 is 1.37 bits per heavy atom. The molecule has 0 bridgehead atoms. The van der Waals surface area contributed by atoms with Crippen molar-refractivity contribution in [1.82, 2.24) is 5.32 Å². The molecular formula is C14H22N2O2S. The van der Waals surface area contributed by atoms with Gasteiger partial charge >= 0.3 is 0 Å². The van der Waals surface area contributed by atoms with Crippen LogP contribution in [0.4, 0.5) is 5.69 Å². The van der Waals surface area contributed by atoms with Crippen LogP contribution in [0.25, 0.3) is 0 Å². The molecule has 0 aromatic heterocycles. The van der Waals surface area contributed by atoms with Gasteiger partial charge in [0, 0.05) is 13.1 Å². The molecule has 1 unspecified atom stereocenters. The first-order valence-electron chi connectivity index (χ1n) is 6.87. The number of rotatable bonds is 5. The van der Waals surface area contributed by atoms with Crippen molar-refractivity contribution < 1.29 is 8.42 Å². The standard InChI is InChI=1S/C14H22N2O2S/c1-3-15-11-12(2)19(17,18)16-10-6-8-13-7-4-5-9-14(13)16/h4-5,7,9,12,15H,3,6,8,10-11H2,1-2H3. The van der Waals surface area contributed by atoms with Crippen molar-refractivity contribution in [3.63, 3.8) is 0 Å². The molecule has 1 aromatic carbocycles. The van der Waals surface area contributed by atoms with Crippen LogP contribution in [0.2, 0.25) is 0 Å². The van der Waals surface area contributed by atoms with Gasteiger partial charge in [-0.15, -0.1) is 0 Å². The van der Waals surface area contributed by atoms with Crippen LogP contribution in [-0.4, -0.2) is 33.3 Å². The van der Waals surface area contributed by atoms with Crippen LogP contribution in [0.1, 0.15) is 25.8 Å². The summed E-state index contributed by atoms with van der Waals surface area (Å²) >= 11 is 0.